The smallest absolute Gasteiger partial charge is 0.463 e. The number of phosphoric ester groups is 1. The SMILES string of the molecule is CCCC/C=C\CCCCCCCC(=O)OCC(O)COP(=O)(O)OCCNC(=O)CCCCCCC/C=C\C/C=C\CCCCCC. The summed E-state index contributed by atoms with van der Waals surface area (Å²) >= 11 is 0. The summed E-state index contributed by atoms with van der Waals surface area (Å²) in [5.41, 5.74) is 0. The number of esters is 1. The average molecular weight is 700 g/mol. The number of allylic oxidation sites excluding steroid dienone is 6. The van der Waals surface area contributed by atoms with Crippen LogP contribution in [0.25, 0.3) is 0 Å². The average Bonchev–Trinajstić information content (AvgIpc) is 3.07. The van der Waals surface area contributed by atoms with Gasteiger partial charge in [0.25, 0.3) is 0 Å². The van der Waals surface area contributed by atoms with Crippen molar-refractivity contribution in [1.29, 1.82) is 0 Å². The van der Waals surface area contributed by atoms with Crippen molar-refractivity contribution in [2.45, 2.75) is 168 Å². The molecule has 0 aromatic heterocycles. The first-order valence-electron chi connectivity index (χ1n) is 19.0. The number of carbonyl (C=O) groups is 2. The number of nitrogens with one attached hydrogen (secondary N) is 1. The van der Waals surface area contributed by atoms with Crippen LogP contribution in [0.2, 0.25) is 0 Å². The molecule has 0 radical (unpaired) electrons. The number of aliphatic hydroxyl groups is 1. The van der Waals surface area contributed by atoms with Crippen molar-refractivity contribution in [2.24, 2.45) is 0 Å². The third-order valence-corrected chi connectivity index (χ3v) is 8.78. The zero-order valence-corrected chi connectivity index (χ0v) is 31.3. The molecule has 0 saturated heterocycles. The normalized spacial score (nSPS) is 13.8. The Morgan fingerprint density at radius 1 is 0.646 bits per heavy atom. The Balaban J connectivity index is 3.66. The number of carbonyl (C=O) groups excluding carboxylic acids is 2. The van der Waals surface area contributed by atoms with Crippen molar-refractivity contribution >= 4 is 19.7 Å². The second-order valence-electron chi connectivity index (χ2n) is 12.5. The minimum absolute atomic E-state index is 0.0728. The number of ether oxygens (including phenoxy) is 1. The van der Waals surface area contributed by atoms with Crippen LogP contribution in [0.4, 0.5) is 0 Å². The van der Waals surface area contributed by atoms with Crippen molar-refractivity contribution in [3.63, 3.8) is 0 Å². The molecule has 0 aromatic rings. The van der Waals surface area contributed by atoms with E-state index in [0.717, 1.165) is 89.9 Å². The van der Waals surface area contributed by atoms with Gasteiger partial charge in [0, 0.05) is 19.4 Å². The zero-order chi connectivity index (χ0) is 35.4. The number of hydrogen-bond donors (Lipinski definition) is 3. The van der Waals surface area contributed by atoms with Crippen molar-refractivity contribution in [2.75, 3.05) is 26.4 Å². The van der Waals surface area contributed by atoms with E-state index in [1.807, 2.05) is 0 Å². The molecule has 1 amide bonds. The molecule has 0 heterocycles. The molecule has 0 spiro atoms. The highest BCUT2D eigenvalue weighted by atomic mass is 31.2. The predicted molar refractivity (Wildman–Crippen MR) is 197 cm³/mol. The van der Waals surface area contributed by atoms with Crippen LogP contribution in [0.5, 0.6) is 0 Å². The highest BCUT2D eigenvalue weighted by Gasteiger charge is 2.23. The third-order valence-electron chi connectivity index (χ3n) is 7.79. The summed E-state index contributed by atoms with van der Waals surface area (Å²) in [6.07, 6.45) is 36.4. The number of phosphoric acid groups is 1. The highest BCUT2D eigenvalue weighted by Crippen LogP contribution is 2.42. The molecule has 0 fully saturated rings. The van der Waals surface area contributed by atoms with Crippen LogP contribution < -0.4 is 5.32 Å². The summed E-state index contributed by atoms with van der Waals surface area (Å²) in [4.78, 5) is 33.7. The molecule has 0 aliphatic carbocycles. The first kappa shape index (κ1) is 46.2. The van der Waals surface area contributed by atoms with Gasteiger partial charge in [0.05, 0.1) is 13.2 Å². The van der Waals surface area contributed by atoms with Gasteiger partial charge in [0.15, 0.2) is 0 Å². The van der Waals surface area contributed by atoms with E-state index < -0.39 is 26.5 Å². The Bertz CT molecular complexity index is 892. The summed E-state index contributed by atoms with van der Waals surface area (Å²) in [6.45, 7) is 3.45. The molecule has 48 heavy (non-hydrogen) atoms. The number of rotatable bonds is 35. The Morgan fingerprint density at radius 2 is 1.15 bits per heavy atom. The predicted octanol–water partition coefficient (Wildman–Crippen LogP) is 9.82. The van der Waals surface area contributed by atoms with Crippen molar-refractivity contribution < 1.29 is 37.9 Å². The Morgan fingerprint density at radius 3 is 1.75 bits per heavy atom. The molecule has 2 atom stereocenters. The summed E-state index contributed by atoms with van der Waals surface area (Å²) in [6, 6.07) is 0. The summed E-state index contributed by atoms with van der Waals surface area (Å²) in [5, 5.41) is 12.6. The summed E-state index contributed by atoms with van der Waals surface area (Å²) in [7, 11) is -4.41. The zero-order valence-electron chi connectivity index (χ0n) is 30.4. The first-order chi connectivity index (χ1) is 23.3. The maximum atomic E-state index is 12.0. The monoisotopic (exact) mass is 699 g/mol. The van der Waals surface area contributed by atoms with Crippen LogP contribution in [0.15, 0.2) is 36.5 Å². The van der Waals surface area contributed by atoms with Gasteiger partial charge < -0.3 is 20.1 Å². The standard InChI is InChI=1S/C38H70NO8P/c1-3-5-7-9-11-13-15-16-17-18-19-21-22-24-26-28-30-37(41)39-32-33-46-48(43,44)47-35-36(40)34-45-38(42)31-29-27-25-23-20-14-12-10-8-6-4-2/h10,12-13,15,17-18,36,40H,3-9,11,14,16,19-35H2,1-2H3,(H,39,41)(H,43,44)/b12-10-,15-13-,18-17-. The van der Waals surface area contributed by atoms with Gasteiger partial charge in [-0.3, -0.25) is 18.6 Å². The van der Waals surface area contributed by atoms with Crippen LogP contribution in [0.1, 0.15) is 162 Å². The summed E-state index contributed by atoms with van der Waals surface area (Å²) in [5.74, 6) is -0.543. The van der Waals surface area contributed by atoms with Gasteiger partial charge in [0.2, 0.25) is 5.91 Å². The van der Waals surface area contributed by atoms with Gasteiger partial charge in [-0.05, 0) is 64.2 Å². The molecular formula is C38H70NO8P. The van der Waals surface area contributed by atoms with Crippen molar-refractivity contribution in [1.82, 2.24) is 5.32 Å². The first-order valence-corrected chi connectivity index (χ1v) is 20.5. The molecule has 0 bridgehead atoms. The van der Waals surface area contributed by atoms with Gasteiger partial charge in [-0.2, -0.15) is 0 Å². The van der Waals surface area contributed by atoms with Crippen LogP contribution in [-0.4, -0.2) is 54.3 Å². The second kappa shape index (κ2) is 35.1. The fourth-order valence-corrected chi connectivity index (χ4v) is 5.62. The maximum absolute atomic E-state index is 12.0. The van der Waals surface area contributed by atoms with Crippen LogP contribution in [0, 0.1) is 0 Å². The van der Waals surface area contributed by atoms with Crippen LogP contribution in [0.3, 0.4) is 0 Å². The van der Waals surface area contributed by atoms with E-state index in [0.29, 0.717) is 6.42 Å². The molecule has 10 heteroatoms. The lowest BCUT2D eigenvalue weighted by Crippen LogP contribution is -2.27. The fourth-order valence-electron chi connectivity index (χ4n) is 4.86. The van der Waals surface area contributed by atoms with Gasteiger partial charge in [0.1, 0.15) is 12.7 Å². The van der Waals surface area contributed by atoms with E-state index in [1.165, 1.54) is 44.9 Å². The van der Waals surface area contributed by atoms with Gasteiger partial charge in [-0.15, -0.1) is 0 Å². The number of hydrogen-bond acceptors (Lipinski definition) is 7. The molecule has 0 aliphatic rings. The molecular weight excluding hydrogens is 629 g/mol. The van der Waals surface area contributed by atoms with Crippen molar-refractivity contribution in [3.05, 3.63) is 36.5 Å². The molecule has 0 aliphatic heterocycles. The highest BCUT2D eigenvalue weighted by molar-refractivity contribution is 7.47. The van der Waals surface area contributed by atoms with Crippen LogP contribution >= 0.6 is 7.82 Å². The van der Waals surface area contributed by atoms with E-state index >= 15 is 0 Å². The lowest BCUT2D eigenvalue weighted by Gasteiger charge is -2.15. The van der Waals surface area contributed by atoms with Gasteiger partial charge >= 0.3 is 13.8 Å². The lowest BCUT2D eigenvalue weighted by molar-refractivity contribution is -0.147. The van der Waals surface area contributed by atoms with E-state index in [-0.39, 0.29) is 32.1 Å². The molecule has 0 aromatic carbocycles. The second-order valence-corrected chi connectivity index (χ2v) is 14.0. The van der Waals surface area contributed by atoms with Crippen LogP contribution in [-0.2, 0) is 27.9 Å². The van der Waals surface area contributed by atoms with Gasteiger partial charge in [-0.1, -0.05) is 121 Å². The molecule has 0 saturated carbocycles. The third kappa shape index (κ3) is 35.5. The minimum atomic E-state index is -4.41. The lowest BCUT2D eigenvalue weighted by atomic mass is 10.1. The number of aliphatic hydroxyl groups excluding tert-OH is 1. The molecule has 280 valence electrons. The molecule has 2 unspecified atom stereocenters. The Labute approximate surface area is 293 Å². The number of amides is 1. The van der Waals surface area contributed by atoms with E-state index in [2.05, 4.69) is 55.6 Å². The largest absolute Gasteiger partial charge is 0.472 e. The summed E-state index contributed by atoms with van der Waals surface area (Å²) < 4.78 is 26.7. The Hall–Kier alpha value is -1.77. The molecule has 3 N–H and O–H groups in total. The molecule has 9 nitrogen and oxygen atoms in total. The van der Waals surface area contributed by atoms with E-state index in [1.54, 1.807) is 0 Å². The van der Waals surface area contributed by atoms with E-state index in [9.17, 15) is 24.2 Å². The quantitative estimate of drug-likeness (QED) is 0.0258. The fraction of sp³-hybridized carbons (Fsp3) is 0.789. The number of unbranched alkanes of at least 4 members (excludes halogenated alkanes) is 16. The minimum Gasteiger partial charge on any atom is -0.463 e. The maximum Gasteiger partial charge on any atom is 0.472 e. The molecule has 0 rings (SSSR count). The Kier molecular flexibility index (Phi) is 33.8. The van der Waals surface area contributed by atoms with Crippen molar-refractivity contribution in [3.8, 4) is 0 Å². The van der Waals surface area contributed by atoms with E-state index in [4.69, 9.17) is 13.8 Å². The topological polar surface area (TPSA) is 131 Å². The van der Waals surface area contributed by atoms with Gasteiger partial charge in [-0.25, -0.2) is 4.57 Å².